The molecule has 2 aromatic carbocycles. The van der Waals surface area contributed by atoms with E-state index in [1.165, 1.54) is 12.1 Å². The predicted octanol–water partition coefficient (Wildman–Crippen LogP) is 4.23. The van der Waals surface area contributed by atoms with Gasteiger partial charge in [0.2, 0.25) is 0 Å². The van der Waals surface area contributed by atoms with Gasteiger partial charge in [0.15, 0.2) is 0 Å². The van der Waals surface area contributed by atoms with Crippen molar-refractivity contribution in [3.63, 3.8) is 0 Å². The smallest absolute Gasteiger partial charge is 0.321 e. The fourth-order valence-corrected chi connectivity index (χ4v) is 3.73. The van der Waals surface area contributed by atoms with Crippen LogP contribution in [-0.4, -0.2) is 29.6 Å². The van der Waals surface area contributed by atoms with Gasteiger partial charge in [-0.25, -0.2) is 14.0 Å². The second kappa shape index (κ2) is 6.95. The van der Waals surface area contributed by atoms with Crippen molar-refractivity contribution in [1.29, 1.82) is 0 Å². The molecule has 1 atom stereocenters. The Kier molecular flexibility index (Phi) is 4.56. The number of halogens is 1. The lowest BCUT2D eigenvalue weighted by Crippen LogP contribution is -2.42. The van der Waals surface area contributed by atoms with E-state index in [9.17, 15) is 14.0 Å². The van der Waals surface area contributed by atoms with Crippen LogP contribution in [0.2, 0.25) is 0 Å². The number of benzene rings is 2. The molecule has 152 valence electrons. The molecule has 0 spiro atoms. The van der Waals surface area contributed by atoms with Gasteiger partial charge in [-0.05, 0) is 37.6 Å². The lowest BCUT2D eigenvalue weighted by molar-refractivity contribution is 0.0678. The molecule has 2 aromatic rings. The number of carbonyl (C=O) groups is 2. The van der Waals surface area contributed by atoms with Crippen molar-refractivity contribution < 1.29 is 18.7 Å². The Hall–Kier alpha value is -3.29. The Morgan fingerprint density at radius 1 is 1.28 bits per heavy atom. The minimum Gasteiger partial charge on any atom is -0.487 e. The van der Waals surface area contributed by atoms with Gasteiger partial charge in [0.1, 0.15) is 17.2 Å². The molecule has 0 aromatic heterocycles. The second-order valence-corrected chi connectivity index (χ2v) is 8.06. The highest BCUT2D eigenvalue weighted by molar-refractivity contribution is 5.95. The number of ether oxygens (including phenoxy) is 1. The number of nitrogens with zero attached hydrogens (tertiary/aromatic N) is 1. The Morgan fingerprint density at radius 3 is 2.86 bits per heavy atom. The first-order valence-electron chi connectivity index (χ1n) is 9.41. The van der Waals surface area contributed by atoms with Crippen LogP contribution in [0.1, 0.15) is 37.4 Å². The molecule has 2 aliphatic rings. The maximum absolute atomic E-state index is 13.6. The van der Waals surface area contributed by atoms with E-state index >= 15 is 0 Å². The molecule has 0 bridgehead atoms. The Morgan fingerprint density at radius 2 is 2.07 bits per heavy atom. The van der Waals surface area contributed by atoms with Gasteiger partial charge < -0.3 is 25.6 Å². The van der Waals surface area contributed by atoms with Crippen LogP contribution in [0, 0.1) is 5.82 Å². The molecule has 2 aliphatic heterocycles. The third-order valence-corrected chi connectivity index (χ3v) is 5.10. The molecule has 4 amide bonds. The van der Waals surface area contributed by atoms with Gasteiger partial charge in [-0.2, -0.15) is 0 Å². The van der Waals surface area contributed by atoms with E-state index in [1.807, 2.05) is 19.9 Å². The van der Waals surface area contributed by atoms with Crippen molar-refractivity contribution in [2.24, 2.45) is 0 Å². The van der Waals surface area contributed by atoms with Crippen molar-refractivity contribution in [3.05, 3.63) is 53.3 Å². The van der Waals surface area contributed by atoms with Crippen LogP contribution in [0.5, 0.6) is 5.75 Å². The molecule has 0 saturated carbocycles. The van der Waals surface area contributed by atoms with Gasteiger partial charge in [0.05, 0.1) is 6.04 Å². The van der Waals surface area contributed by atoms with E-state index in [2.05, 4.69) is 16.0 Å². The number of carbonyl (C=O) groups excluding carboxylic acids is 2. The highest BCUT2D eigenvalue weighted by atomic mass is 19.1. The van der Waals surface area contributed by atoms with Crippen molar-refractivity contribution in [2.75, 3.05) is 17.7 Å². The first-order valence-corrected chi connectivity index (χ1v) is 9.41. The van der Waals surface area contributed by atoms with Gasteiger partial charge in [-0.15, -0.1) is 0 Å². The van der Waals surface area contributed by atoms with E-state index in [0.29, 0.717) is 30.1 Å². The van der Waals surface area contributed by atoms with Crippen LogP contribution >= 0.6 is 0 Å². The van der Waals surface area contributed by atoms with Crippen molar-refractivity contribution >= 4 is 23.4 Å². The lowest BCUT2D eigenvalue weighted by atomic mass is 9.90. The number of hydrogen-bond acceptors (Lipinski definition) is 3. The normalized spacial score (nSPS) is 19.4. The lowest BCUT2D eigenvalue weighted by Gasteiger charge is -2.37. The monoisotopic (exact) mass is 398 g/mol. The molecule has 0 unspecified atom stereocenters. The van der Waals surface area contributed by atoms with Gasteiger partial charge in [-0.1, -0.05) is 12.1 Å². The van der Waals surface area contributed by atoms with E-state index in [1.54, 1.807) is 30.1 Å². The standard InChI is InChI=1S/C21H23FN4O3/c1-21(2)10-17(15-7-5-13(22)8-18(15)29-21)24-19(27)23-14-6-4-12-11-26(3)20(28)25-16(12)9-14/h4-9,17H,10-11H2,1-3H3,(H,25,28)(H2,23,24,27)/t17-/m1/s1. The summed E-state index contributed by atoms with van der Waals surface area (Å²) in [5.41, 5.74) is 2.42. The molecule has 3 N–H and O–H groups in total. The fourth-order valence-electron chi connectivity index (χ4n) is 3.73. The Balaban J connectivity index is 1.49. The number of nitrogens with one attached hydrogen (secondary N) is 3. The average molecular weight is 398 g/mol. The topological polar surface area (TPSA) is 82.7 Å². The number of urea groups is 2. The van der Waals surface area contributed by atoms with Gasteiger partial charge >= 0.3 is 12.1 Å². The van der Waals surface area contributed by atoms with Crippen LogP contribution in [0.15, 0.2) is 36.4 Å². The molecule has 2 heterocycles. The minimum atomic E-state index is -0.541. The molecular formula is C21H23FN4O3. The van der Waals surface area contributed by atoms with Gasteiger partial charge in [0.25, 0.3) is 0 Å². The molecule has 0 radical (unpaired) electrons. The largest absolute Gasteiger partial charge is 0.487 e. The molecular weight excluding hydrogens is 375 g/mol. The third kappa shape index (κ3) is 3.96. The van der Waals surface area contributed by atoms with Gasteiger partial charge in [-0.3, -0.25) is 0 Å². The first-order chi connectivity index (χ1) is 13.7. The van der Waals surface area contributed by atoms with E-state index < -0.39 is 5.60 Å². The summed E-state index contributed by atoms with van der Waals surface area (Å²) >= 11 is 0. The number of rotatable bonds is 2. The first kappa shape index (κ1) is 19.0. The van der Waals surface area contributed by atoms with Gasteiger partial charge in [0, 0.05) is 43.0 Å². The molecule has 8 heteroatoms. The van der Waals surface area contributed by atoms with Crippen LogP contribution in [0.3, 0.4) is 0 Å². The zero-order chi connectivity index (χ0) is 20.8. The number of anilines is 2. The van der Waals surface area contributed by atoms with E-state index in [0.717, 1.165) is 11.1 Å². The molecule has 7 nitrogen and oxygen atoms in total. The van der Waals surface area contributed by atoms with Crippen molar-refractivity contribution in [1.82, 2.24) is 10.2 Å². The molecule has 0 saturated heterocycles. The summed E-state index contributed by atoms with van der Waals surface area (Å²) < 4.78 is 19.5. The minimum absolute atomic E-state index is 0.188. The Bertz CT molecular complexity index is 992. The maximum atomic E-state index is 13.6. The molecule has 29 heavy (non-hydrogen) atoms. The predicted molar refractivity (Wildman–Crippen MR) is 108 cm³/mol. The zero-order valence-electron chi connectivity index (χ0n) is 16.5. The summed E-state index contributed by atoms with van der Waals surface area (Å²) in [6, 6.07) is 8.84. The van der Waals surface area contributed by atoms with Crippen LogP contribution < -0.4 is 20.7 Å². The molecule has 0 aliphatic carbocycles. The van der Waals surface area contributed by atoms with Crippen LogP contribution in [0.25, 0.3) is 0 Å². The zero-order valence-corrected chi connectivity index (χ0v) is 16.5. The highest BCUT2D eigenvalue weighted by Crippen LogP contribution is 2.39. The van der Waals surface area contributed by atoms with Crippen LogP contribution in [-0.2, 0) is 6.54 Å². The second-order valence-electron chi connectivity index (χ2n) is 8.06. The molecule has 0 fully saturated rings. The summed E-state index contributed by atoms with van der Waals surface area (Å²) in [6.45, 7) is 4.31. The Labute approximate surface area is 168 Å². The summed E-state index contributed by atoms with van der Waals surface area (Å²) in [7, 11) is 1.72. The number of amides is 4. The SMILES string of the molecule is CN1Cc2ccc(NC(=O)N[C@@H]3CC(C)(C)Oc4cc(F)ccc43)cc2NC1=O. The van der Waals surface area contributed by atoms with E-state index in [4.69, 9.17) is 4.74 Å². The number of hydrogen-bond donors (Lipinski definition) is 3. The highest BCUT2D eigenvalue weighted by Gasteiger charge is 2.34. The van der Waals surface area contributed by atoms with Crippen molar-refractivity contribution in [3.8, 4) is 5.75 Å². The summed E-state index contributed by atoms with van der Waals surface area (Å²) in [5.74, 6) is 0.0542. The number of fused-ring (bicyclic) bond motifs is 2. The van der Waals surface area contributed by atoms with Crippen LogP contribution in [0.4, 0.5) is 25.4 Å². The molecule has 4 rings (SSSR count). The summed E-state index contributed by atoms with van der Waals surface area (Å²) in [6.07, 6.45) is 0.547. The average Bonchev–Trinajstić information content (AvgIpc) is 2.61. The van der Waals surface area contributed by atoms with E-state index in [-0.39, 0.29) is 23.9 Å². The van der Waals surface area contributed by atoms with Crippen molar-refractivity contribution in [2.45, 2.75) is 38.5 Å². The quantitative estimate of drug-likeness (QED) is 0.708. The summed E-state index contributed by atoms with van der Waals surface area (Å²) in [4.78, 5) is 26.0. The summed E-state index contributed by atoms with van der Waals surface area (Å²) in [5, 5.41) is 8.55. The third-order valence-electron chi connectivity index (χ3n) is 5.10. The fraction of sp³-hybridized carbons (Fsp3) is 0.333. The maximum Gasteiger partial charge on any atom is 0.321 e.